The van der Waals surface area contributed by atoms with Crippen LogP contribution in [-0.2, 0) is 0 Å². The van der Waals surface area contributed by atoms with E-state index in [9.17, 15) is 5.11 Å². The summed E-state index contributed by atoms with van der Waals surface area (Å²) in [6.07, 6.45) is 7.02. The molecule has 2 saturated heterocycles. The Kier molecular flexibility index (Phi) is 4.67. The minimum Gasteiger partial charge on any atom is -0.506 e. The number of phenols is 1. The number of benzene rings is 1. The Hall–Kier alpha value is -2.93. The largest absolute Gasteiger partial charge is 0.506 e. The van der Waals surface area contributed by atoms with Crippen LogP contribution in [0, 0.1) is 12.8 Å². The first-order valence-corrected chi connectivity index (χ1v) is 10.3. The molecule has 7 heteroatoms. The van der Waals surface area contributed by atoms with Gasteiger partial charge in [-0.25, -0.2) is 4.98 Å². The first kappa shape index (κ1) is 18.1. The van der Waals surface area contributed by atoms with Gasteiger partial charge in [-0.3, -0.25) is 4.57 Å². The SMILES string of the molecule is Cc1nc(-c2ccc(NCC3CC4CCC(C3)N4)nn2)cn1-c1ccccc1O. The van der Waals surface area contributed by atoms with E-state index in [0.29, 0.717) is 29.4 Å². The standard InChI is InChI=1S/C22H26N6O/c1-14-24-19(13-28(14)20-4-2-3-5-21(20)29)18-8-9-22(27-26-18)23-12-15-10-16-6-7-17(11-15)25-16/h2-5,8-9,13,15-17,25,29H,6-7,10-12H2,1H3,(H,23,27). The Morgan fingerprint density at radius 1 is 1.07 bits per heavy atom. The molecule has 2 aromatic heterocycles. The summed E-state index contributed by atoms with van der Waals surface area (Å²) < 4.78 is 1.86. The number of piperidine rings is 1. The van der Waals surface area contributed by atoms with Crippen LogP contribution in [0.2, 0.25) is 0 Å². The third-order valence-corrected chi connectivity index (χ3v) is 6.09. The second kappa shape index (κ2) is 7.48. The average molecular weight is 390 g/mol. The molecule has 2 aliphatic rings. The molecule has 2 unspecified atom stereocenters. The number of hydrogen-bond acceptors (Lipinski definition) is 6. The zero-order chi connectivity index (χ0) is 19.8. The third kappa shape index (κ3) is 3.70. The number of anilines is 1. The van der Waals surface area contributed by atoms with E-state index >= 15 is 0 Å². The Bertz CT molecular complexity index is 987. The smallest absolute Gasteiger partial charge is 0.148 e. The van der Waals surface area contributed by atoms with Crippen LogP contribution >= 0.6 is 0 Å². The van der Waals surface area contributed by atoms with Gasteiger partial charge in [-0.15, -0.1) is 10.2 Å². The number of hydrogen-bond donors (Lipinski definition) is 3. The fourth-order valence-corrected chi connectivity index (χ4v) is 4.66. The number of aryl methyl sites for hydroxylation is 1. The van der Waals surface area contributed by atoms with Gasteiger partial charge in [0.05, 0.1) is 5.69 Å². The minimum absolute atomic E-state index is 0.219. The average Bonchev–Trinajstić information content (AvgIpc) is 3.29. The number of nitrogens with zero attached hydrogens (tertiary/aromatic N) is 4. The van der Waals surface area contributed by atoms with Crippen molar-refractivity contribution in [2.45, 2.75) is 44.7 Å². The number of aromatic hydroxyl groups is 1. The maximum absolute atomic E-state index is 10.1. The summed E-state index contributed by atoms with van der Waals surface area (Å²) in [6, 6.07) is 12.5. The number of imidazole rings is 1. The molecule has 0 aliphatic carbocycles. The van der Waals surface area contributed by atoms with Crippen molar-refractivity contribution < 1.29 is 5.11 Å². The summed E-state index contributed by atoms with van der Waals surface area (Å²) in [7, 11) is 0. The number of nitrogens with one attached hydrogen (secondary N) is 2. The molecule has 3 N–H and O–H groups in total. The highest BCUT2D eigenvalue weighted by Crippen LogP contribution is 2.31. The van der Waals surface area contributed by atoms with Gasteiger partial charge in [0.15, 0.2) is 0 Å². The molecule has 5 rings (SSSR count). The molecule has 2 aliphatic heterocycles. The van der Waals surface area contributed by atoms with Gasteiger partial charge >= 0.3 is 0 Å². The maximum Gasteiger partial charge on any atom is 0.148 e. The van der Waals surface area contributed by atoms with Gasteiger partial charge in [-0.2, -0.15) is 0 Å². The van der Waals surface area contributed by atoms with Gasteiger partial charge in [0.2, 0.25) is 0 Å². The monoisotopic (exact) mass is 390 g/mol. The molecule has 0 amide bonds. The van der Waals surface area contributed by atoms with E-state index in [1.807, 2.05) is 42.0 Å². The Labute approximate surface area is 170 Å². The van der Waals surface area contributed by atoms with E-state index in [1.165, 1.54) is 25.7 Å². The lowest BCUT2D eigenvalue weighted by Gasteiger charge is -2.29. The third-order valence-electron chi connectivity index (χ3n) is 6.09. The lowest BCUT2D eigenvalue weighted by atomic mass is 9.92. The van der Waals surface area contributed by atoms with Gasteiger partial charge in [-0.05, 0) is 62.8 Å². The Balaban J connectivity index is 1.27. The number of aromatic nitrogens is 4. The van der Waals surface area contributed by atoms with Crippen molar-refractivity contribution in [3.8, 4) is 22.8 Å². The first-order chi connectivity index (χ1) is 14.2. The van der Waals surface area contributed by atoms with Crippen LogP contribution in [0.15, 0.2) is 42.6 Å². The molecule has 0 spiro atoms. The summed E-state index contributed by atoms with van der Waals surface area (Å²) in [6.45, 7) is 2.86. The van der Waals surface area contributed by atoms with E-state index in [1.54, 1.807) is 12.1 Å². The molecule has 0 saturated carbocycles. The second-order valence-corrected chi connectivity index (χ2v) is 8.19. The summed E-state index contributed by atoms with van der Waals surface area (Å²) >= 11 is 0. The predicted octanol–water partition coefficient (Wildman–Crippen LogP) is 3.29. The molecule has 4 heterocycles. The zero-order valence-corrected chi connectivity index (χ0v) is 16.5. The van der Waals surface area contributed by atoms with E-state index in [0.717, 1.165) is 23.9 Å². The van der Waals surface area contributed by atoms with Crippen molar-refractivity contribution in [3.05, 3.63) is 48.4 Å². The molecule has 2 bridgehead atoms. The topological polar surface area (TPSA) is 87.9 Å². The minimum atomic E-state index is 0.219. The van der Waals surface area contributed by atoms with Crippen LogP contribution in [0.1, 0.15) is 31.5 Å². The Morgan fingerprint density at radius 3 is 2.59 bits per heavy atom. The lowest BCUT2D eigenvalue weighted by Crippen LogP contribution is -2.40. The molecular weight excluding hydrogens is 364 g/mol. The number of phenolic OH excluding ortho intramolecular Hbond substituents is 1. The van der Waals surface area contributed by atoms with E-state index < -0.39 is 0 Å². The summed E-state index contributed by atoms with van der Waals surface area (Å²) in [5, 5.41) is 26.0. The Morgan fingerprint density at radius 2 is 1.86 bits per heavy atom. The van der Waals surface area contributed by atoms with Gasteiger partial charge in [0.1, 0.15) is 28.8 Å². The molecular formula is C22H26N6O. The number of para-hydroxylation sites is 2. The van der Waals surface area contributed by atoms with Crippen LogP contribution in [0.5, 0.6) is 5.75 Å². The highest BCUT2D eigenvalue weighted by Gasteiger charge is 2.33. The molecule has 2 atom stereocenters. The highest BCUT2D eigenvalue weighted by molar-refractivity contribution is 5.57. The highest BCUT2D eigenvalue weighted by atomic mass is 16.3. The van der Waals surface area contributed by atoms with Crippen molar-refractivity contribution in [2.75, 3.05) is 11.9 Å². The normalized spacial score (nSPS) is 23.3. The maximum atomic E-state index is 10.1. The van der Waals surface area contributed by atoms with Crippen molar-refractivity contribution in [2.24, 2.45) is 5.92 Å². The van der Waals surface area contributed by atoms with Crippen molar-refractivity contribution in [1.29, 1.82) is 0 Å². The molecule has 29 heavy (non-hydrogen) atoms. The molecule has 2 fully saturated rings. The van der Waals surface area contributed by atoms with Crippen LogP contribution in [-0.4, -0.2) is 43.5 Å². The zero-order valence-electron chi connectivity index (χ0n) is 16.5. The fraction of sp³-hybridized carbons (Fsp3) is 0.409. The summed E-state index contributed by atoms with van der Waals surface area (Å²) in [5.41, 5.74) is 2.15. The van der Waals surface area contributed by atoms with Crippen LogP contribution in [0.3, 0.4) is 0 Å². The number of rotatable bonds is 5. The van der Waals surface area contributed by atoms with E-state index in [2.05, 4.69) is 25.8 Å². The summed E-state index contributed by atoms with van der Waals surface area (Å²) in [5.74, 6) is 2.51. The molecule has 7 nitrogen and oxygen atoms in total. The number of fused-ring (bicyclic) bond motifs is 2. The van der Waals surface area contributed by atoms with Crippen molar-refractivity contribution in [3.63, 3.8) is 0 Å². The molecule has 0 radical (unpaired) electrons. The quantitative estimate of drug-likeness (QED) is 0.620. The first-order valence-electron chi connectivity index (χ1n) is 10.3. The molecule has 3 aromatic rings. The van der Waals surface area contributed by atoms with Gasteiger partial charge in [-0.1, -0.05) is 12.1 Å². The summed E-state index contributed by atoms with van der Waals surface area (Å²) in [4.78, 5) is 4.59. The molecule has 150 valence electrons. The van der Waals surface area contributed by atoms with Gasteiger partial charge in [0, 0.05) is 24.8 Å². The van der Waals surface area contributed by atoms with E-state index in [-0.39, 0.29) is 5.75 Å². The van der Waals surface area contributed by atoms with Gasteiger partial charge < -0.3 is 15.7 Å². The van der Waals surface area contributed by atoms with E-state index in [4.69, 9.17) is 0 Å². The van der Waals surface area contributed by atoms with Crippen LogP contribution in [0.4, 0.5) is 5.82 Å². The van der Waals surface area contributed by atoms with Crippen LogP contribution in [0.25, 0.3) is 17.1 Å². The second-order valence-electron chi connectivity index (χ2n) is 8.19. The lowest BCUT2D eigenvalue weighted by molar-refractivity contribution is 0.311. The van der Waals surface area contributed by atoms with Crippen molar-refractivity contribution in [1.82, 2.24) is 25.1 Å². The predicted molar refractivity (Wildman–Crippen MR) is 112 cm³/mol. The van der Waals surface area contributed by atoms with Crippen LogP contribution < -0.4 is 10.6 Å². The fourth-order valence-electron chi connectivity index (χ4n) is 4.66. The molecule has 1 aromatic carbocycles. The van der Waals surface area contributed by atoms with Crippen molar-refractivity contribution >= 4 is 5.82 Å². The van der Waals surface area contributed by atoms with Gasteiger partial charge in [0.25, 0.3) is 0 Å².